The third-order valence-electron chi connectivity index (χ3n) is 16.2. The van der Waals surface area contributed by atoms with Crippen LogP contribution in [-0.4, -0.2) is 45.5 Å². The van der Waals surface area contributed by atoms with Crippen LogP contribution in [-0.2, 0) is 19.2 Å². The summed E-state index contributed by atoms with van der Waals surface area (Å²) in [4.78, 5) is 62.7. The Balaban J connectivity index is 0.973. The molecule has 264 valence electrons. The quantitative estimate of drug-likeness (QED) is 0.268. The molecule has 0 saturated heterocycles. The summed E-state index contributed by atoms with van der Waals surface area (Å²) in [6.45, 7) is 0. The maximum absolute atomic E-state index is 15.0. The Morgan fingerprint density at radius 1 is 0.375 bits per heavy atom. The lowest BCUT2D eigenvalue weighted by molar-refractivity contribution is -0.173. The number of hydrogen-bond acceptors (Lipinski definition) is 4. The van der Waals surface area contributed by atoms with Crippen molar-refractivity contribution in [1.29, 1.82) is 0 Å². The van der Waals surface area contributed by atoms with Crippen LogP contribution in [0.4, 0.5) is 0 Å². The van der Waals surface area contributed by atoms with E-state index in [2.05, 4.69) is 0 Å². The molecule has 0 unspecified atom stereocenters. The monoisotopic (exact) mass is 658 g/mol. The Bertz CT molecular complexity index is 1120. The molecule has 11 aliphatic rings. The summed E-state index contributed by atoms with van der Waals surface area (Å²) in [6.07, 6.45) is 27.1. The highest BCUT2D eigenvalue weighted by Crippen LogP contribution is 2.62. The Hall–Kier alpha value is -1.72. The predicted molar refractivity (Wildman–Crippen MR) is 184 cm³/mol. The third-order valence-corrected chi connectivity index (χ3v) is 16.2. The molecule has 6 heteroatoms. The number of hydrogen-bond donors (Lipinski definition) is 0. The van der Waals surface area contributed by atoms with Gasteiger partial charge in [-0.05, 0) is 164 Å². The van der Waals surface area contributed by atoms with E-state index in [1.54, 1.807) is 0 Å². The van der Waals surface area contributed by atoms with Crippen LogP contribution in [0, 0.1) is 58.2 Å². The molecule has 48 heavy (non-hydrogen) atoms. The van der Waals surface area contributed by atoms with Crippen molar-refractivity contribution in [3.63, 3.8) is 0 Å². The molecule has 6 nitrogen and oxygen atoms in total. The second-order valence-electron chi connectivity index (χ2n) is 19.6. The van der Waals surface area contributed by atoms with E-state index in [1.807, 2.05) is 9.80 Å². The van der Waals surface area contributed by atoms with Gasteiger partial charge in [0.1, 0.15) is 0 Å². The molecule has 8 bridgehead atoms. The van der Waals surface area contributed by atoms with Crippen LogP contribution in [0.3, 0.4) is 0 Å². The molecule has 0 spiro atoms. The van der Waals surface area contributed by atoms with Crippen LogP contribution in [0.1, 0.15) is 167 Å². The molecular formula is C42H62N2O4. The van der Waals surface area contributed by atoms with Crippen LogP contribution in [0.25, 0.3) is 0 Å². The van der Waals surface area contributed by atoms with Crippen molar-refractivity contribution in [3.8, 4) is 0 Å². The summed E-state index contributed by atoms with van der Waals surface area (Å²) in [6, 6.07) is -0.171. The SMILES string of the molecule is O=C(C1CCCCC1)N(C(=O)C12CC3CC(CC(C3)C1)C2)C1CCC(N(C(=O)C2CCCCC2)C(=O)C23CC4CC(CC(C4)C2)C3)CC1. The van der Waals surface area contributed by atoms with Gasteiger partial charge < -0.3 is 0 Å². The molecule has 11 aliphatic carbocycles. The van der Waals surface area contributed by atoms with Crippen molar-refractivity contribution < 1.29 is 19.2 Å². The van der Waals surface area contributed by atoms with E-state index in [0.717, 1.165) is 116 Å². The standard InChI is InChI=1S/C42H62N2O4/c45-37(33-7-3-1-4-8-33)43(39(47)41-21-27-15-28(22-41)17-29(16-27)23-41)35-11-13-36(14-12-35)44(38(46)34-9-5-2-6-10-34)40(48)42-24-30-18-31(25-42)20-32(19-30)26-42/h27-36H,1-26H2. The van der Waals surface area contributed by atoms with Crippen LogP contribution in [0.2, 0.25) is 0 Å². The number of rotatable bonds is 6. The largest absolute Gasteiger partial charge is 0.279 e. The second kappa shape index (κ2) is 12.5. The summed E-state index contributed by atoms with van der Waals surface area (Å²) in [5.41, 5.74) is -0.652. The minimum absolute atomic E-state index is 0.0172. The van der Waals surface area contributed by atoms with Gasteiger partial charge in [0.15, 0.2) is 0 Å². The van der Waals surface area contributed by atoms with Gasteiger partial charge in [0.05, 0.1) is 10.8 Å². The molecule has 0 aromatic carbocycles. The zero-order valence-electron chi connectivity index (χ0n) is 29.7. The first kappa shape index (κ1) is 32.2. The Morgan fingerprint density at radius 2 is 0.646 bits per heavy atom. The summed E-state index contributed by atoms with van der Waals surface area (Å²) in [7, 11) is 0. The van der Waals surface area contributed by atoms with E-state index in [0.29, 0.717) is 35.5 Å². The molecule has 11 rings (SSSR count). The van der Waals surface area contributed by atoms with E-state index < -0.39 is 0 Å². The fraction of sp³-hybridized carbons (Fsp3) is 0.905. The number of imide groups is 2. The molecule has 0 atom stereocenters. The van der Waals surface area contributed by atoms with Crippen molar-refractivity contribution in [3.05, 3.63) is 0 Å². The number of amides is 4. The fourth-order valence-electron chi connectivity index (χ4n) is 14.8. The molecule has 0 aromatic heterocycles. The lowest BCUT2D eigenvalue weighted by Gasteiger charge is -2.57. The van der Waals surface area contributed by atoms with Crippen molar-refractivity contribution in [2.45, 2.75) is 179 Å². The molecule has 0 aliphatic heterocycles. The Kier molecular flexibility index (Phi) is 8.39. The smallest absolute Gasteiger partial charge is 0.235 e. The minimum atomic E-state index is -0.326. The van der Waals surface area contributed by atoms with Gasteiger partial charge in [0.25, 0.3) is 0 Å². The lowest BCUT2D eigenvalue weighted by Crippen LogP contribution is -2.61. The maximum atomic E-state index is 15.0. The van der Waals surface area contributed by atoms with Crippen LogP contribution >= 0.6 is 0 Å². The molecule has 0 radical (unpaired) electrons. The van der Waals surface area contributed by atoms with Gasteiger partial charge in [-0.25, -0.2) is 0 Å². The highest BCUT2D eigenvalue weighted by Gasteiger charge is 2.59. The van der Waals surface area contributed by atoms with Crippen LogP contribution < -0.4 is 0 Å². The topological polar surface area (TPSA) is 74.8 Å². The van der Waals surface area contributed by atoms with Gasteiger partial charge in [-0.3, -0.25) is 29.0 Å². The normalized spacial score (nSPS) is 43.7. The number of carbonyl (C=O) groups excluding carboxylic acids is 4. The van der Waals surface area contributed by atoms with Crippen molar-refractivity contribution in [2.24, 2.45) is 58.2 Å². The second-order valence-corrected chi connectivity index (χ2v) is 19.6. The Labute approximate surface area is 289 Å². The van der Waals surface area contributed by atoms with Gasteiger partial charge in [0, 0.05) is 23.9 Å². The summed E-state index contributed by atoms with van der Waals surface area (Å²) in [5, 5.41) is 0. The van der Waals surface area contributed by atoms with E-state index >= 15 is 0 Å². The highest BCUT2D eigenvalue weighted by atomic mass is 16.2. The van der Waals surface area contributed by atoms with Gasteiger partial charge >= 0.3 is 0 Å². The van der Waals surface area contributed by atoms with Crippen LogP contribution in [0.5, 0.6) is 0 Å². The summed E-state index contributed by atoms with van der Waals surface area (Å²) >= 11 is 0. The number of carbonyl (C=O) groups is 4. The molecule has 0 aromatic rings. The van der Waals surface area contributed by atoms with Gasteiger partial charge in [-0.15, -0.1) is 0 Å². The molecular weight excluding hydrogens is 596 g/mol. The van der Waals surface area contributed by atoms with Crippen molar-refractivity contribution in [2.75, 3.05) is 0 Å². The maximum Gasteiger partial charge on any atom is 0.235 e. The van der Waals surface area contributed by atoms with Gasteiger partial charge in [0.2, 0.25) is 23.6 Å². The van der Waals surface area contributed by atoms with Gasteiger partial charge in [-0.2, -0.15) is 0 Å². The molecule has 11 fully saturated rings. The average Bonchev–Trinajstić information content (AvgIpc) is 3.08. The highest BCUT2D eigenvalue weighted by molar-refractivity contribution is 6.01. The third kappa shape index (κ3) is 5.55. The predicted octanol–water partition coefficient (Wildman–Crippen LogP) is 8.60. The fourth-order valence-corrected chi connectivity index (χ4v) is 14.8. The zero-order valence-corrected chi connectivity index (χ0v) is 29.7. The van der Waals surface area contributed by atoms with E-state index in [9.17, 15) is 19.2 Å². The Morgan fingerprint density at radius 3 is 0.917 bits per heavy atom. The zero-order chi connectivity index (χ0) is 32.6. The number of nitrogens with zero attached hydrogens (tertiary/aromatic N) is 2. The minimum Gasteiger partial charge on any atom is -0.279 e. The lowest BCUT2D eigenvalue weighted by atomic mass is 9.49. The first-order valence-electron chi connectivity index (χ1n) is 21.0. The van der Waals surface area contributed by atoms with E-state index in [-0.39, 0.29) is 58.4 Å². The van der Waals surface area contributed by atoms with Gasteiger partial charge in [-0.1, -0.05) is 38.5 Å². The first-order chi connectivity index (χ1) is 23.3. The molecule has 11 saturated carbocycles. The molecule has 0 heterocycles. The molecule has 0 N–H and O–H groups in total. The molecule has 4 amide bonds. The van der Waals surface area contributed by atoms with Crippen molar-refractivity contribution >= 4 is 23.6 Å². The average molecular weight is 659 g/mol. The van der Waals surface area contributed by atoms with Crippen LogP contribution in [0.15, 0.2) is 0 Å². The van der Waals surface area contributed by atoms with E-state index in [1.165, 1.54) is 51.4 Å². The summed E-state index contributed by atoms with van der Waals surface area (Å²) < 4.78 is 0. The van der Waals surface area contributed by atoms with Crippen molar-refractivity contribution in [1.82, 2.24) is 9.80 Å². The van der Waals surface area contributed by atoms with E-state index in [4.69, 9.17) is 0 Å². The first-order valence-corrected chi connectivity index (χ1v) is 21.0. The summed E-state index contributed by atoms with van der Waals surface area (Å²) in [5.74, 6) is 4.56.